The van der Waals surface area contributed by atoms with Gasteiger partial charge in [-0.15, -0.1) is 12.6 Å². The molecule has 0 unspecified atom stereocenters. The van der Waals surface area contributed by atoms with Gasteiger partial charge in [-0.05, 0) is 29.3 Å². The molecule has 0 heterocycles. The highest BCUT2D eigenvalue weighted by molar-refractivity contribution is 7.80. The third-order valence-corrected chi connectivity index (χ3v) is 3.50. The zero-order chi connectivity index (χ0) is 15.6. The molecule has 21 heavy (non-hydrogen) atoms. The second-order valence-corrected chi connectivity index (χ2v) is 4.91. The van der Waals surface area contributed by atoms with Crippen molar-refractivity contribution in [1.82, 2.24) is 0 Å². The van der Waals surface area contributed by atoms with Crippen LogP contribution in [0.25, 0.3) is 11.1 Å². The Labute approximate surface area is 125 Å². The first kappa shape index (κ1) is 15.6. The molecule has 0 aromatic heterocycles. The van der Waals surface area contributed by atoms with Crippen molar-refractivity contribution in [3.05, 3.63) is 53.1 Å². The molecule has 0 spiro atoms. The molecule has 0 saturated carbocycles. The highest BCUT2D eigenvalue weighted by Crippen LogP contribution is 2.37. The van der Waals surface area contributed by atoms with Crippen LogP contribution in [0.15, 0.2) is 41.3 Å². The minimum absolute atomic E-state index is 0.0634. The van der Waals surface area contributed by atoms with E-state index < -0.39 is 11.7 Å². The van der Waals surface area contributed by atoms with Crippen molar-refractivity contribution in [2.45, 2.75) is 17.6 Å². The molecule has 0 radical (unpaired) electrons. The number of benzene rings is 2. The fraction of sp³-hybridized carbons (Fsp3) is 0.133. The summed E-state index contributed by atoms with van der Waals surface area (Å²) in [4.78, 5) is 11.6. The van der Waals surface area contributed by atoms with Crippen molar-refractivity contribution < 1.29 is 18.0 Å². The van der Waals surface area contributed by atoms with Crippen LogP contribution in [0.2, 0.25) is 0 Å². The summed E-state index contributed by atoms with van der Waals surface area (Å²) in [5.41, 5.74) is 6.24. The predicted molar refractivity (Wildman–Crippen MR) is 77.4 cm³/mol. The smallest absolute Gasteiger partial charge is 0.326 e. The molecular formula is C15H12F3NOS. The van der Waals surface area contributed by atoms with Crippen LogP contribution >= 0.6 is 12.6 Å². The Balaban J connectivity index is 2.76. The maximum Gasteiger partial charge on any atom is 0.416 e. The fourth-order valence-corrected chi connectivity index (χ4v) is 2.45. The van der Waals surface area contributed by atoms with E-state index in [0.717, 1.165) is 12.1 Å². The molecule has 0 saturated heterocycles. The number of carbonyl (C=O) groups excluding carboxylic acids is 1. The van der Waals surface area contributed by atoms with E-state index in [0.29, 0.717) is 22.3 Å². The molecule has 0 aliphatic heterocycles. The van der Waals surface area contributed by atoms with Gasteiger partial charge in [0.25, 0.3) is 0 Å². The number of carbonyl (C=O) groups is 1. The Morgan fingerprint density at radius 3 is 2.48 bits per heavy atom. The standard InChI is InChI=1S/C15H12F3NOS/c16-15(17,18)11-5-4-9(7-19)12(6-11)14-10(8-20)2-1-3-13(14)21/h1-6,8,21H,7,19H2. The Hall–Kier alpha value is -1.79. The molecule has 110 valence electrons. The molecule has 2 aromatic carbocycles. The normalized spacial score (nSPS) is 11.5. The van der Waals surface area contributed by atoms with Crippen LogP contribution in [-0.4, -0.2) is 6.29 Å². The van der Waals surface area contributed by atoms with Crippen molar-refractivity contribution in [2.24, 2.45) is 5.73 Å². The van der Waals surface area contributed by atoms with Gasteiger partial charge in [0.05, 0.1) is 5.56 Å². The van der Waals surface area contributed by atoms with Crippen LogP contribution in [0.3, 0.4) is 0 Å². The van der Waals surface area contributed by atoms with E-state index in [1.165, 1.54) is 12.1 Å². The van der Waals surface area contributed by atoms with Crippen LogP contribution in [0, 0.1) is 0 Å². The fourth-order valence-electron chi connectivity index (χ4n) is 2.11. The molecule has 6 heteroatoms. The lowest BCUT2D eigenvalue weighted by Crippen LogP contribution is -2.08. The van der Waals surface area contributed by atoms with E-state index in [1.807, 2.05) is 0 Å². The molecule has 2 rings (SSSR count). The van der Waals surface area contributed by atoms with E-state index in [4.69, 9.17) is 5.73 Å². The summed E-state index contributed by atoms with van der Waals surface area (Å²) < 4.78 is 38.6. The Morgan fingerprint density at radius 2 is 1.90 bits per heavy atom. The number of hydrogen-bond donors (Lipinski definition) is 2. The molecular weight excluding hydrogens is 299 g/mol. The topological polar surface area (TPSA) is 43.1 Å². The summed E-state index contributed by atoms with van der Waals surface area (Å²) in [6, 6.07) is 8.07. The lowest BCUT2D eigenvalue weighted by Gasteiger charge is -2.15. The first-order valence-electron chi connectivity index (χ1n) is 6.06. The number of halogens is 3. The van der Waals surface area contributed by atoms with E-state index in [1.54, 1.807) is 12.1 Å². The predicted octanol–water partition coefficient (Wildman–Crippen LogP) is 3.93. The van der Waals surface area contributed by atoms with Gasteiger partial charge in [-0.25, -0.2) is 0 Å². The molecule has 0 aliphatic carbocycles. The first-order valence-corrected chi connectivity index (χ1v) is 6.51. The Bertz CT molecular complexity index is 683. The zero-order valence-electron chi connectivity index (χ0n) is 10.8. The van der Waals surface area contributed by atoms with Crippen LogP contribution in [0.4, 0.5) is 13.2 Å². The Kier molecular flexibility index (Phi) is 4.39. The molecule has 0 bridgehead atoms. The molecule has 0 aliphatic rings. The first-order chi connectivity index (χ1) is 9.88. The summed E-state index contributed by atoms with van der Waals surface area (Å²) in [5.74, 6) is 0. The molecule has 0 atom stereocenters. The largest absolute Gasteiger partial charge is 0.416 e. The molecule has 2 aromatic rings. The third-order valence-electron chi connectivity index (χ3n) is 3.13. The third kappa shape index (κ3) is 3.11. The monoisotopic (exact) mass is 311 g/mol. The average Bonchev–Trinajstić information content (AvgIpc) is 2.45. The summed E-state index contributed by atoms with van der Waals surface area (Å²) in [6.07, 6.45) is -3.87. The van der Waals surface area contributed by atoms with Crippen molar-refractivity contribution in [3.63, 3.8) is 0 Å². The van der Waals surface area contributed by atoms with E-state index in [9.17, 15) is 18.0 Å². The average molecular weight is 311 g/mol. The van der Waals surface area contributed by atoms with Gasteiger partial charge < -0.3 is 5.73 Å². The van der Waals surface area contributed by atoms with E-state index >= 15 is 0 Å². The van der Waals surface area contributed by atoms with Gasteiger partial charge in [-0.2, -0.15) is 13.2 Å². The van der Waals surface area contributed by atoms with Crippen LogP contribution in [0.5, 0.6) is 0 Å². The Morgan fingerprint density at radius 1 is 1.19 bits per heavy atom. The number of rotatable bonds is 3. The summed E-state index contributed by atoms with van der Waals surface area (Å²) in [5, 5.41) is 0. The van der Waals surface area contributed by atoms with Gasteiger partial charge >= 0.3 is 6.18 Å². The van der Waals surface area contributed by atoms with Crippen molar-refractivity contribution in [1.29, 1.82) is 0 Å². The minimum Gasteiger partial charge on any atom is -0.326 e. The maximum atomic E-state index is 12.9. The minimum atomic E-state index is -4.46. The number of alkyl halides is 3. The van der Waals surface area contributed by atoms with Crippen LogP contribution in [-0.2, 0) is 12.7 Å². The number of nitrogens with two attached hydrogens (primary N) is 1. The van der Waals surface area contributed by atoms with Crippen molar-refractivity contribution in [2.75, 3.05) is 0 Å². The second-order valence-electron chi connectivity index (χ2n) is 4.43. The summed E-state index contributed by atoms with van der Waals surface area (Å²) in [6.45, 7) is 0.0634. The lowest BCUT2D eigenvalue weighted by atomic mass is 9.93. The number of aldehydes is 1. The van der Waals surface area contributed by atoms with Crippen LogP contribution < -0.4 is 5.73 Å². The number of thiol groups is 1. The molecule has 0 amide bonds. The van der Waals surface area contributed by atoms with Crippen LogP contribution in [0.1, 0.15) is 21.5 Å². The van der Waals surface area contributed by atoms with E-state index in [-0.39, 0.29) is 17.7 Å². The highest BCUT2D eigenvalue weighted by atomic mass is 32.1. The molecule has 2 N–H and O–H groups in total. The van der Waals surface area contributed by atoms with Gasteiger partial charge in [0.15, 0.2) is 6.29 Å². The zero-order valence-corrected chi connectivity index (χ0v) is 11.7. The molecule has 0 fully saturated rings. The molecule has 2 nitrogen and oxygen atoms in total. The van der Waals surface area contributed by atoms with Crippen molar-refractivity contribution in [3.8, 4) is 11.1 Å². The van der Waals surface area contributed by atoms with Gasteiger partial charge in [0, 0.05) is 22.6 Å². The van der Waals surface area contributed by atoms with Gasteiger partial charge in [0.1, 0.15) is 0 Å². The lowest BCUT2D eigenvalue weighted by molar-refractivity contribution is -0.137. The van der Waals surface area contributed by atoms with Gasteiger partial charge in [-0.3, -0.25) is 4.79 Å². The van der Waals surface area contributed by atoms with Gasteiger partial charge in [0.2, 0.25) is 0 Å². The highest BCUT2D eigenvalue weighted by Gasteiger charge is 2.31. The SMILES string of the molecule is NCc1ccc(C(F)(F)F)cc1-c1c(S)cccc1C=O. The maximum absolute atomic E-state index is 12.9. The summed E-state index contributed by atoms with van der Waals surface area (Å²) >= 11 is 4.24. The summed E-state index contributed by atoms with van der Waals surface area (Å²) in [7, 11) is 0. The number of hydrogen-bond acceptors (Lipinski definition) is 3. The van der Waals surface area contributed by atoms with Crippen molar-refractivity contribution >= 4 is 18.9 Å². The van der Waals surface area contributed by atoms with Gasteiger partial charge in [-0.1, -0.05) is 18.2 Å². The van der Waals surface area contributed by atoms with E-state index in [2.05, 4.69) is 12.6 Å². The second kappa shape index (κ2) is 5.91. The quantitative estimate of drug-likeness (QED) is 0.666.